The average Bonchev–Trinajstić information content (AvgIpc) is 3.53. The molecule has 11 heteroatoms. The van der Waals surface area contributed by atoms with Gasteiger partial charge >= 0.3 is 6.18 Å². The van der Waals surface area contributed by atoms with Crippen LogP contribution in [-0.4, -0.2) is 31.3 Å². The first kappa shape index (κ1) is 24.8. The van der Waals surface area contributed by atoms with E-state index in [1.165, 1.54) is 35.3 Å². The Labute approximate surface area is 214 Å². The highest BCUT2D eigenvalue weighted by atomic mass is 19.4. The van der Waals surface area contributed by atoms with Crippen molar-refractivity contribution in [2.75, 3.05) is 10.6 Å². The lowest BCUT2D eigenvalue weighted by Crippen LogP contribution is -2.16. The van der Waals surface area contributed by atoms with Gasteiger partial charge in [0.1, 0.15) is 5.65 Å². The third-order valence-electron chi connectivity index (χ3n) is 5.92. The van der Waals surface area contributed by atoms with Crippen LogP contribution in [0.4, 0.5) is 24.5 Å². The second kappa shape index (κ2) is 9.51. The molecule has 0 saturated heterocycles. The van der Waals surface area contributed by atoms with E-state index in [1.807, 2.05) is 0 Å². The van der Waals surface area contributed by atoms with E-state index in [2.05, 4.69) is 25.6 Å². The summed E-state index contributed by atoms with van der Waals surface area (Å²) < 4.78 is 42.2. The molecule has 5 aromatic rings. The SMILES string of the molecule is Cc1cn(-c2cc(NC(=O)c3ccc(C)c(NC(=O)c4cnc5[nH]ccc5c4)c3)cc(C(F)(F)F)c2)cn1. The number of rotatable bonds is 5. The molecule has 2 amide bonds. The molecule has 0 fully saturated rings. The van der Waals surface area contributed by atoms with E-state index >= 15 is 0 Å². The van der Waals surface area contributed by atoms with Gasteiger partial charge in [-0.15, -0.1) is 0 Å². The summed E-state index contributed by atoms with van der Waals surface area (Å²) in [6, 6.07) is 11.4. The van der Waals surface area contributed by atoms with Gasteiger partial charge in [0.25, 0.3) is 11.8 Å². The largest absolute Gasteiger partial charge is 0.416 e. The summed E-state index contributed by atoms with van der Waals surface area (Å²) in [5, 5.41) is 6.09. The van der Waals surface area contributed by atoms with Gasteiger partial charge in [-0.1, -0.05) is 6.07 Å². The molecule has 3 N–H and O–H groups in total. The Morgan fingerprint density at radius 1 is 0.921 bits per heavy atom. The number of carbonyl (C=O) groups is 2. The number of aromatic nitrogens is 4. The Hall–Kier alpha value is -4.93. The normalized spacial score (nSPS) is 11.5. The number of halogens is 3. The number of hydrogen-bond acceptors (Lipinski definition) is 4. The number of fused-ring (bicyclic) bond motifs is 1. The van der Waals surface area contributed by atoms with Crippen LogP contribution in [0, 0.1) is 13.8 Å². The number of imidazole rings is 1. The summed E-state index contributed by atoms with van der Waals surface area (Å²) in [6.07, 6.45) is 1.52. The zero-order valence-corrected chi connectivity index (χ0v) is 20.2. The van der Waals surface area contributed by atoms with Gasteiger partial charge in [0, 0.05) is 46.6 Å². The van der Waals surface area contributed by atoms with E-state index in [0.717, 1.165) is 17.5 Å². The van der Waals surface area contributed by atoms with Gasteiger partial charge in [-0.05, 0) is 61.9 Å². The van der Waals surface area contributed by atoms with Crippen molar-refractivity contribution in [3.63, 3.8) is 0 Å². The van der Waals surface area contributed by atoms with Crippen LogP contribution in [0.15, 0.2) is 73.4 Å². The predicted molar refractivity (Wildman–Crippen MR) is 136 cm³/mol. The zero-order chi connectivity index (χ0) is 27.0. The number of nitrogens with zero attached hydrogens (tertiary/aromatic N) is 3. The predicted octanol–water partition coefficient (Wildman–Crippen LogP) is 5.89. The molecule has 0 atom stereocenters. The molecule has 0 radical (unpaired) electrons. The van der Waals surface area contributed by atoms with Gasteiger partial charge in [-0.2, -0.15) is 13.2 Å². The Morgan fingerprint density at radius 2 is 1.71 bits per heavy atom. The van der Waals surface area contributed by atoms with Crippen molar-refractivity contribution in [2.45, 2.75) is 20.0 Å². The number of benzene rings is 2. The van der Waals surface area contributed by atoms with Crippen molar-refractivity contribution >= 4 is 34.2 Å². The topological polar surface area (TPSA) is 105 Å². The molecular weight excluding hydrogens is 497 g/mol. The molecule has 0 saturated carbocycles. The van der Waals surface area contributed by atoms with E-state index in [0.29, 0.717) is 28.2 Å². The number of amides is 2. The van der Waals surface area contributed by atoms with Crippen molar-refractivity contribution in [3.8, 4) is 5.69 Å². The molecule has 38 heavy (non-hydrogen) atoms. The second-order valence-electron chi connectivity index (χ2n) is 8.77. The highest BCUT2D eigenvalue weighted by Gasteiger charge is 2.31. The minimum atomic E-state index is -4.62. The average molecular weight is 518 g/mol. The van der Waals surface area contributed by atoms with E-state index in [1.54, 1.807) is 44.4 Å². The lowest BCUT2D eigenvalue weighted by Gasteiger charge is -2.14. The highest BCUT2D eigenvalue weighted by Crippen LogP contribution is 2.33. The zero-order valence-electron chi connectivity index (χ0n) is 20.2. The van der Waals surface area contributed by atoms with Crippen molar-refractivity contribution in [3.05, 3.63) is 101 Å². The maximum atomic E-state index is 13.6. The standard InChI is InChI=1S/C27H21F3N6O2/c1-15-3-4-18(8-23(15)35-26(38)19-7-17-5-6-31-24(17)32-12-19)25(37)34-21-9-20(27(28,29)30)10-22(11-21)36-13-16(2)33-14-36/h3-14H,1-2H3,(H,31,32)(H,34,37)(H,35,38). The van der Waals surface area contributed by atoms with Crippen molar-refractivity contribution in [1.82, 2.24) is 19.5 Å². The first-order valence-electron chi connectivity index (χ1n) is 11.5. The highest BCUT2D eigenvalue weighted by molar-refractivity contribution is 6.08. The summed E-state index contributed by atoms with van der Waals surface area (Å²) in [4.78, 5) is 37.1. The van der Waals surface area contributed by atoms with Gasteiger partial charge in [-0.3, -0.25) is 9.59 Å². The number of hydrogen-bond donors (Lipinski definition) is 3. The van der Waals surface area contributed by atoms with Gasteiger partial charge < -0.3 is 20.2 Å². The summed E-state index contributed by atoms with van der Waals surface area (Å²) in [5.41, 5.74) is 2.09. The van der Waals surface area contributed by atoms with Gasteiger partial charge in [0.15, 0.2) is 0 Å². The summed E-state index contributed by atoms with van der Waals surface area (Å²) in [7, 11) is 0. The van der Waals surface area contributed by atoms with Gasteiger partial charge in [0.05, 0.1) is 23.1 Å². The van der Waals surface area contributed by atoms with Crippen LogP contribution in [0.2, 0.25) is 0 Å². The summed E-state index contributed by atoms with van der Waals surface area (Å²) in [6.45, 7) is 3.48. The molecule has 3 heterocycles. The molecule has 8 nitrogen and oxygen atoms in total. The Kier molecular flexibility index (Phi) is 6.19. The molecule has 0 aliphatic carbocycles. The lowest BCUT2D eigenvalue weighted by molar-refractivity contribution is -0.137. The van der Waals surface area contributed by atoms with Crippen LogP contribution in [-0.2, 0) is 6.18 Å². The molecule has 0 aliphatic heterocycles. The lowest BCUT2D eigenvalue weighted by atomic mass is 10.1. The maximum Gasteiger partial charge on any atom is 0.416 e. The van der Waals surface area contributed by atoms with Gasteiger partial charge in [-0.25, -0.2) is 9.97 Å². The maximum absolute atomic E-state index is 13.6. The van der Waals surface area contributed by atoms with E-state index in [-0.39, 0.29) is 16.9 Å². The quantitative estimate of drug-likeness (QED) is 0.270. The van der Waals surface area contributed by atoms with E-state index in [4.69, 9.17) is 0 Å². The molecule has 2 aromatic carbocycles. The number of anilines is 2. The molecule has 5 rings (SSSR count). The third-order valence-corrected chi connectivity index (χ3v) is 5.92. The Morgan fingerprint density at radius 3 is 2.45 bits per heavy atom. The summed E-state index contributed by atoms with van der Waals surface area (Å²) in [5.74, 6) is -1.05. The monoisotopic (exact) mass is 518 g/mol. The molecular formula is C27H21F3N6O2. The van der Waals surface area contributed by atoms with E-state index < -0.39 is 23.6 Å². The fourth-order valence-electron chi connectivity index (χ4n) is 3.92. The number of alkyl halides is 3. The van der Waals surface area contributed by atoms with Crippen LogP contribution in [0.5, 0.6) is 0 Å². The minimum absolute atomic E-state index is 0.0387. The number of nitrogens with one attached hydrogen (secondary N) is 3. The van der Waals surface area contributed by atoms with Crippen LogP contribution in [0.3, 0.4) is 0 Å². The first-order valence-corrected chi connectivity index (χ1v) is 11.5. The third kappa shape index (κ3) is 5.12. The molecule has 192 valence electrons. The van der Waals surface area contributed by atoms with Crippen LogP contribution in [0.1, 0.15) is 37.5 Å². The van der Waals surface area contributed by atoms with E-state index in [9.17, 15) is 22.8 Å². The van der Waals surface area contributed by atoms with Crippen molar-refractivity contribution < 1.29 is 22.8 Å². The number of pyridine rings is 1. The number of aromatic amines is 1. The molecule has 0 bridgehead atoms. The molecule has 0 aliphatic rings. The van der Waals surface area contributed by atoms with Crippen LogP contribution < -0.4 is 10.6 Å². The fraction of sp³-hybridized carbons (Fsp3) is 0.111. The Balaban J connectivity index is 1.40. The van der Waals surface area contributed by atoms with Crippen LogP contribution in [0.25, 0.3) is 16.7 Å². The molecule has 3 aromatic heterocycles. The number of carbonyl (C=O) groups excluding carboxylic acids is 2. The molecule has 0 spiro atoms. The number of H-pyrrole nitrogens is 1. The number of aryl methyl sites for hydroxylation is 2. The smallest absolute Gasteiger partial charge is 0.346 e. The van der Waals surface area contributed by atoms with Crippen LogP contribution >= 0.6 is 0 Å². The summed E-state index contributed by atoms with van der Waals surface area (Å²) >= 11 is 0. The fourth-order valence-corrected chi connectivity index (χ4v) is 3.92. The first-order chi connectivity index (χ1) is 18.1. The Bertz CT molecular complexity index is 1690. The van der Waals surface area contributed by atoms with Crippen molar-refractivity contribution in [2.24, 2.45) is 0 Å². The molecule has 0 unspecified atom stereocenters. The van der Waals surface area contributed by atoms with Gasteiger partial charge in [0.2, 0.25) is 0 Å². The van der Waals surface area contributed by atoms with Crippen molar-refractivity contribution in [1.29, 1.82) is 0 Å². The minimum Gasteiger partial charge on any atom is -0.346 e. The second-order valence-corrected chi connectivity index (χ2v) is 8.77.